The third-order valence-electron chi connectivity index (χ3n) is 3.98. The van der Waals surface area contributed by atoms with Gasteiger partial charge in [0.25, 0.3) is 0 Å². The maximum absolute atomic E-state index is 12.3. The van der Waals surface area contributed by atoms with Crippen molar-refractivity contribution in [3.8, 4) is 11.8 Å². The van der Waals surface area contributed by atoms with E-state index >= 15 is 0 Å². The molecule has 4 heteroatoms. The zero-order valence-electron chi connectivity index (χ0n) is 12.5. The van der Waals surface area contributed by atoms with Crippen molar-refractivity contribution >= 4 is 17.5 Å². The van der Waals surface area contributed by atoms with E-state index in [-0.39, 0.29) is 30.3 Å². The summed E-state index contributed by atoms with van der Waals surface area (Å²) in [6.45, 7) is 5.36. The van der Waals surface area contributed by atoms with Gasteiger partial charge in [0, 0.05) is 17.4 Å². The first-order chi connectivity index (χ1) is 10.0. The molecule has 0 radical (unpaired) electrons. The van der Waals surface area contributed by atoms with Crippen LogP contribution in [-0.4, -0.2) is 23.5 Å². The molecule has 1 aromatic carbocycles. The lowest BCUT2D eigenvalue weighted by atomic mass is 10.00. The highest BCUT2D eigenvalue weighted by Crippen LogP contribution is 2.33. The van der Waals surface area contributed by atoms with Gasteiger partial charge in [0.1, 0.15) is 6.61 Å². The Morgan fingerprint density at radius 3 is 2.33 bits per heavy atom. The first-order valence-corrected chi connectivity index (χ1v) is 7.11. The number of aliphatic hydroxyl groups excluding tert-OH is 1. The van der Waals surface area contributed by atoms with Crippen LogP contribution in [0.1, 0.15) is 31.9 Å². The van der Waals surface area contributed by atoms with Crippen LogP contribution < -0.4 is 4.90 Å². The molecular weight excluding hydrogens is 266 g/mol. The van der Waals surface area contributed by atoms with Crippen LogP contribution >= 0.6 is 0 Å². The molecule has 0 aliphatic carbocycles. The van der Waals surface area contributed by atoms with Gasteiger partial charge in [-0.3, -0.25) is 9.59 Å². The van der Waals surface area contributed by atoms with Gasteiger partial charge >= 0.3 is 0 Å². The number of hydrogen-bond donors (Lipinski definition) is 1. The molecular formula is C17H19NO3. The van der Waals surface area contributed by atoms with E-state index in [9.17, 15) is 9.59 Å². The lowest BCUT2D eigenvalue weighted by Gasteiger charge is -2.18. The van der Waals surface area contributed by atoms with Gasteiger partial charge in [0.05, 0.1) is 5.69 Å². The molecule has 0 spiro atoms. The fourth-order valence-corrected chi connectivity index (χ4v) is 2.49. The summed E-state index contributed by atoms with van der Waals surface area (Å²) in [5.41, 5.74) is 2.32. The fourth-order valence-electron chi connectivity index (χ4n) is 2.49. The van der Waals surface area contributed by atoms with Crippen molar-refractivity contribution in [2.75, 3.05) is 11.5 Å². The molecule has 0 aromatic heterocycles. The molecule has 2 amide bonds. The Hall–Kier alpha value is -2.12. The second-order valence-corrected chi connectivity index (χ2v) is 5.25. The van der Waals surface area contributed by atoms with Gasteiger partial charge in [-0.15, -0.1) is 0 Å². The van der Waals surface area contributed by atoms with Gasteiger partial charge in [-0.25, -0.2) is 4.90 Å². The quantitative estimate of drug-likeness (QED) is 0.665. The second kappa shape index (κ2) is 6.11. The van der Waals surface area contributed by atoms with E-state index in [0.29, 0.717) is 12.1 Å². The van der Waals surface area contributed by atoms with Crippen LogP contribution in [-0.2, 0) is 16.0 Å². The van der Waals surface area contributed by atoms with Gasteiger partial charge < -0.3 is 5.11 Å². The average molecular weight is 285 g/mol. The van der Waals surface area contributed by atoms with Gasteiger partial charge in [0.2, 0.25) is 11.8 Å². The van der Waals surface area contributed by atoms with Crippen LogP contribution in [0.2, 0.25) is 0 Å². The van der Waals surface area contributed by atoms with Gasteiger partial charge in [-0.05, 0) is 30.2 Å². The number of carbonyl (C=O) groups excluding carboxylic acids is 2. The van der Waals surface area contributed by atoms with Crippen LogP contribution in [0.25, 0.3) is 0 Å². The molecule has 0 saturated carbocycles. The number of rotatable bonds is 2. The Labute approximate surface area is 124 Å². The first-order valence-electron chi connectivity index (χ1n) is 7.11. The van der Waals surface area contributed by atoms with Crippen LogP contribution in [0.5, 0.6) is 0 Å². The SMILES string of the molecule is CCc1cc(C#CCO)ccc1N1C(=O)C(C)C(C)C1=O. The van der Waals surface area contributed by atoms with E-state index < -0.39 is 0 Å². The molecule has 1 saturated heterocycles. The fraction of sp³-hybridized carbons (Fsp3) is 0.412. The Kier molecular flexibility index (Phi) is 4.44. The highest BCUT2D eigenvalue weighted by atomic mass is 16.2. The predicted molar refractivity (Wildman–Crippen MR) is 80.6 cm³/mol. The highest BCUT2D eigenvalue weighted by molar-refractivity contribution is 6.22. The van der Waals surface area contributed by atoms with Crippen molar-refractivity contribution < 1.29 is 14.7 Å². The maximum Gasteiger partial charge on any atom is 0.237 e. The molecule has 1 aliphatic rings. The summed E-state index contributed by atoms with van der Waals surface area (Å²) in [6, 6.07) is 5.40. The summed E-state index contributed by atoms with van der Waals surface area (Å²) in [5.74, 6) is 4.59. The Balaban J connectivity index is 2.45. The number of carbonyl (C=O) groups is 2. The minimum Gasteiger partial charge on any atom is -0.384 e. The molecule has 1 heterocycles. The van der Waals surface area contributed by atoms with Crippen LogP contribution in [0.3, 0.4) is 0 Å². The van der Waals surface area contributed by atoms with E-state index in [1.807, 2.05) is 13.0 Å². The van der Waals surface area contributed by atoms with E-state index in [4.69, 9.17) is 5.11 Å². The molecule has 2 rings (SSSR count). The third kappa shape index (κ3) is 2.70. The topological polar surface area (TPSA) is 57.6 Å². The molecule has 2 atom stereocenters. The molecule has 110 valence electrons. The summed E-state index contributed by atoms with van der Waals surface area (Å²) in [7, 11) is 0. The molecule has 0 bridgehead atoms. The highest BCUT2D eigenvalue weighted by Gasteiger charge is 2.43. The molecule has 21 heavy (non-hydrogen) atoms. The van der Waals surface area contributed by atoms with Gasteiger partial charge in [-0.1, -0.05) is 32.6 Å². The van der Waals surface area contributed by atoms with E-state index in [2.05, 4.69) is 11.8 Å². The van der Waals surface area contributed by atoms with Gasteiger partial charge in [-0.2, -0.15) is 0 Å². The molecule has 2 unspecified atom stereocenters. The van der Waals surface area contributed by atoms with Gasteiger partial charge in [0.15, 0.2) is 0 Å². The predicted octanol–water partition coefficient (Wildman–Crippen LogP) is 1.74. The first kappa shape index (κ1) is 15.3. The smallest absolute Gasteiger partial charge is 0.237 e. The zero-order valence-corrected chi connectivity index (χ0v) is 12.5. The number of imide groups is 1. The van der Waals surface area contributed by atoms with Crippen molar-refractivity contribution in [1.29, 1.82) is 0 Å². The molecule has 4 nitrogen and oxygen atoms in total. The summed E-state index contributed by atoms with van der Waals surface area (Å²) in [4.78, 5) is 25.9. The molecule has 1 N–H and O–H groups in total. The number of benzene rings is 1. The summed E-state index contributed by atoms with van der Waals surface area (Å²) in [5, 5.41) is 8.74. The number of nitrogens with zero attached hydrogens (tertiary/aromatic N) is 1. The number of aliphatic hydroxyl groups is 1. The van der Waals surface area contributed by atoms with Crippen LogP contribution in [0, 0.1) is 23.7 Å². The minimum absolute atomic E-state index is 0.142. The molecule has 1 fully saturated rings. The van der Waals surface area contributed by atoms with Crippen molar-refractivity contribution in [2.45, 2.75) is 27.2 Å². The Bertz CT molecular complexity index is 619. The van der Waals surface area contributed by atoms with Crippen LogP contribution in [0.15, 0.2) is 18.2 Å². The normalized spacial score (nSPS) is 21.4. The Morgan fingerprint density at radius 2 is 1.81 bits per heavy atom. The average Bonchev–Trinajstić information content (AvgIpc) is 2.69. The Morgan fingerprint density at radius 1 is 1.19 bits per heavy atom. The third-order valence-corrected chi connectivity index (χ3v) is 3.98. The summed E-state index contributed by atoms with van der Waals surface area (Å²) < 4.78 is 0. The van der Waals surface area contributed by atoms with Crippen molar-refractivity contribution in [1.82, 2.24) is 0 Å². The van der Waals surface area contributed by atoms with Crippen molar-refractivity contribution in [2.24, 2.45) is 11.8 Å². The van der Waals surface area contributed by atoms with Crippen molar-refractivity contribution in [3.63, 3.8) is 0 Å². The zero-order chi connectivity index (χ0) is 15.6. The summed E-state index contributed by atoms with van der Waals surface area (Å²) in [6.07, 6.45) is 0.698. The van der Waals surface area contributed by atoms with E-state index in [1.165, 1.54) is 4.90 Å². The largest absolute Gasteiger partial charge is 0.384 e. The van der Waals surface area contributed by atoms with Crippen molar-refractivity contribution in [3.05, 3.63) is 29.3 Å². The lowest BCUT2D eigenvalue weighted by Crippen LogP contribution is -2.31. The number of aryl methyl sites for hydroxylation is 1. The number of anilines is 1. The summed E-state index contributed by atoms with van der Waals surface area (Å²) >= 11 is 0. The molecule has 1 aromatic rings. The van der Waals surface area contributed by atoms with Crippen LogP contribution in [0.4, 0.5) is 5.69 Å². The number of hydrogen-bond acceptors (Lipinski definition) is 3. The number of amides is 2. The molecule has 1 aliphatic heterocycles. The van der Waals surface area contributed by atoms with E-state index in [0.717, 1.165) is 11.1 Å². The monoisotopic (exact) mass is 285 g/mol. The maximum atomic E-state index is 12.3. The standard InChI is InChI=1S/C17H19NO3/c1-4-14-10-13(6-5-9-19)7-8-15(14)18-16(20)11(2)12(3)17(18)21/h7-8,10-12,19H,4,9H2,1-3H3. The minimum atomic E-state index is -0.281. The lowest BCUT2D eigenvalue weighted by molar-refractivity contribution is -0.122. The van der Waals surface area contributed by atoms with E-state index in [1.54, 1.807) is 26.0 Å². The second-order valence-electron chi connectivity index (χ2n) is 5.25.